The predicted octanol–water partition coefficient (Wildman–Crippen LogP) is 2.34. The van der Waals surface area contributed by atoms with Crippen LogP contribution in [0.1, 0.15) is 22.2 Å². The fourth-order valence-corrected chi connectivity index (χ4v) is 2.52. The smallest absolute Gasteiger partial charge is 0.251 e. The first-order chi connectivity index (χ1) is 12.0. The Morgan fingerprint density at radius 2 is 1.80 bits per heavy atom. The fourth-order valence-electron chi connectivity index (χ4n) is 2.52. The van der Waals surface area contributed by atoms with Crippen LogP contribution in [0.5, 0.6) is 17.2 Å². The van der Waals surface area contributed by atoms with E-state index in [4.69, 9.17) is 18.6 Å². The van der Waals surface area contributed by atoms with Gasteiger partial charge in [-0.05, 0) is 38.4 Å². The zero-order valence-corrected chi connectivity index (χ0v) is 15.2. The van der Waals surface area contributed by atoms with Crippen molar-refractivity contribution in [1.82, 2.24) is 10.2 Å². The minimum atomic E-state index is -0.238. The molecule has 0 unspecified atom stereocenters. The topological polar surface area (TPSA) is 73.2 Å². The predicted molar refractivity (Wildman–Crippen MR) is 93.6 cm³/mol. The summed E-state index contributed by atoms with van der Waals surface area (Å²) in [6.45, 7) is 0.399. The number of carbonyl (C=O) groups is 1. The van der Waals surface area contributed by atoms with Gasteiger partial charge in [-0.1, -0.05) is 0 Å². The van der Waals surface area contributed by atoms with Gasteiger partial charge in [-0.2, -0.15) is 0 Å². The molecule has 1 heterocycles. The van der Waals surface area contributed by atoms with E-state index in [0.717, 1.165) is 5.76 Å². The maximum atomic E-state index is 12.6. The van der Waals surface area contributed by atoms with E-state index in [2.05, 4.69) is 5.32 Å². The minimum Gasteiger partial charge on any atom is -0.493 e. The van der Waals surface area contributed by atoms with Crippen molar-refractivity contribution >= 4 is 5.91 Å². The third-order valence-corrected chi connectivity index (χ3v) is 3.88. The Labute approximate surface area is 147 Å². The number of hydrogen-bond donors (Lipinski definition) is 1. The number of furan rings is 1. The van der Waals surface area contributed by atoms with Gasteiger partial charge in [0.25, 0.3) is 5.91 Å². The molecule has 2 rings (SSSR count). The van der Waals surface area contributed by atoms with E-state index < -0.39 is 0 Å². The third-order valence-electron chi connectivity index (χ3n) is 3.88. The molecular weight excluding hydrogens is 324 g/mol. The summed E-state index contributed by atoms with van der Waals surface area (Å²) in [5, 5.41) is 2.92. The fraction of sp³-hybridized carbons (Fsp3) is 0.389. The molecule has 0 saturated heterocycles. The number of rotatable bonds is 8. The number of carbonyl (C=O) groups excluding carboxylic acids is 1. The van der Waals surface area contributed by atoms with Gasteiger partial charge in [0.1, 0.15) is 5.76 Å². The van der Waals surface area contributed by atoms with Gasteiger partial charge in [-0.15, -0.1) is 0 Å². The molecule has 7 nitrogen and oxygen atoms in total. The average molecular weight is 348 g/mol. The maximum absolute atomic E-state index is 12.6. The van der Waals surface area contributed by atoms with Gasteiger partial charge >= 0.3 is 0 Å². The Hall–Kier alpha value is -2.67. The number of benzene rings is 1. The Morgan fingerprint density at radius 3 is 2.24 bits per heavy atom. The lowest BCUT2D eigenvalue weighted by Crippen LogP contribution is -2.34. The molecule has 0 aliphatic rings. The van der Waals surface area contributed by atoms with E-state index in [1.807, 2.05) is 31.1 Å². The second kappa shape index (κ2) is 8.43. The zero-order chi connectivity index (χ0) is 18.4. The van der Waals surface area contributed by atoms with Crippen LogP contribution in [-0.2, 0) is 0 Å². The van der Waals surface area contributed by atoms with Gasteiger partial charge in [0.2, 0.25) is 5.75 Å². The van der Waals surface area contributed by atoms with E-state index >= 15 is 0 Å². The summed E-state index contributed by atoms with van der Waals surface area (Å²) in [6, 6.07) is 6.88. The molecule has 0 aliphatic heterocycles. The quantitative estimate of drug-likeness (QED) is 0.789. The number of amides is 1. The molecule has 0 radical (unpaired) electrons. The zero-order valence-electron chi connectivity index (χ0n) is 15.2. The molecule has 1 amide bonds. The normalized spacial score (nSPS) is 11.9. The number of ether oxygens (including phenoxy) is 3. The lowest BCUT2D eigenvalue weighted by atomic mass is 10.1. The molecular formula is C18H24N2O5. The monoisotopic (exact) mass is 348 g/mol. The molecule has 1 atom stereocenters. The summed E-state index contributed by atoms with van der Waals surface area (Å²) < 4.78 is 21.3. The van der Waals surface area contributed by atoms with Crippen molar-refractivity contribution in [2.24, 2.45) is 0 Å². The Kier molecular flexibility index (Phi) is 6.30. The molecule has 0 spiro atoms. The lowest BCUT2D eigenvalue weighted by molar-refractivity contribution is 0.0938. The van der Waals surface area contributed by atoms with Crippen molar-refractivity contribution < 1.29 is 23.4 Å². The molecule has 2 aromatic rings. The van der Waals surface area contributed by atoms with Crippen LogP contribution in [0, 0.1) is 0 Å². The van der Waals surface area contributed by atoms with Crippen molar-refractivity contribution in [3.05, 3.63) is 41.9 Å². The summed E-state index contributed by atoms with van der Waals surface area (Å²) in [4.78, 5) is 14.5. The SMILES string of the molecule is COc1cc(C(=O)NC[C@H](c2ccco2)N(C)C)cc(OC)c1OC. The number of nitrogens with one attached hydrogen (secondary N) is 1. The van der Waals surface area contributed by atoms with Crippen LogP contribution in [-0.4, -0.2) is 52.8 Å². The van der Waals surface area contributed by atoms with Crippen molar-refractivity contribution in [3.8, 4) is 17.2 Å². The van der Waals surface area contributed by atoms with Gasteiger partial charge in [0.15, 0.2) is 11.5 Å². The molecule has 0 aliphatic carbocycles. The van der Waals surface area contributed by atoms with E-state index in [1.165, 1.54) is 21.3 Å². The molecule has 0 saturated carbocycles. The summed E-state index contributed by atoms with van der Waals surface area (Å²) in [6.07, 6.45) is 1.62. The number of likely N-dealkylation sites (N-methyl/N-ethyl adjacent to an activating group) is 1. The van der Waals surface area contributed by atoms with Gasteiger partial charge in [-0.3, -0.25) is 9.69 Å². The van der Waals surface area contributed by atoms with Crippen molar-refractivity contribution in [2.45, 2.75) is 6.04 Å². The van der Waals surface area contributed by atoms with Crippen LogP contribution in [0.3, 0.4) is 0 Å². The van der Waals surface area contributed by atoms with Crippen LogP contribution in [0.2, 0.25) is 0 Å². The van der Waals surface area contributed by atoms with Crippen LogP contribution < -0.4 is 19.5 Å². The molecule has 7 heteroatoms. The van der Waals surface area contributed by atoms with Crippen LogP contribution in [0.25, 0.3) is 0 Å². The van der Waals surface area contributed by atoms with Crippen LogP contribution in [0.4, 0.5) is 0 Å². The highest BCUT2D eigenvalue weighted by Crippen LogP contribution is 2.38. The first kappa shape index (κ1) is 18.7. The second-order valence-electron chi connectivity index (χ2n) is 5.62. The Morgan fingerprint density at radius 1 is 1.16 bits per heavy atom. The molecule has 1 N–H and O–H groups in total. The molecule has 0 bridgehead atoms. The van der Waals surface area contributed by atoms with E-state index in [9.17, 15) is 4.79 Å². The van der Waals surface area contributed by atoms with Crippen LogP contribution >= 0.6 is 0 Å². The van der Waals surface area contributed by atoms with Gasteiger partial charge in [0, 0.05) is 12.1 Å². The summed E-state index contributed by atoms with van der Waals surface area (Å²) in [5.74, 6) is 1.86. The Bertz CT molecular complexity index is 672. The first-order valence-corrected chi connectivity index (χ1v) is 7.79. The largest absolute Gasteiger partial charge is 0.493 e. The molecule has 1 aromatic heterocycles. The van der Waals surface area contributed by atoms with Gasteiger partial charge in [0.05, 0.1) is 33.6 Å². The first-order valence-electron chi connectivity index (χ1n) is 7.79. The number of hydrogen-bond acceptors (Lipinski definition) is 6. The standard InChI is InChI=1S/C18H24N2O5/c1-20(2)13(14-7-6-8-25-14)11-19-18(21)12-9-15(22-3)17(24-5)16(10-12)23-4/h6-10,13H,11H2,1-5H3,(H,19,21)/t13-/m1/s1. The van der Waals surface area contributed by atoms with Crippen molar-refractivity contribution in [3.63, 3.8) is 0 Å². The second-order valence-corrected chi connectivity index (χ2v) is 5.62. The highest BCUT2D eigenvalue weighted by atomic mass is 16.5. The van der Waals surface area contributed by atoms with Gasteiger partial charge in [-0.25, -0.2) is 0 Å². The van der Waals surface area contributed by atoms with Gasteiger partial charge < -0.3 is 23.9 Å². The molecule has 0 fully saturated rings. The highest BCUT2D eigenvalue weighted by Gasteiger charge is 2.20. The highest BCUT2D eigenvalue weighted by molar-refractivity contribution is 5.95. The molecule has 25 heavy (non-hydrogen) atoms. The number of methoxy groups -OCH3 is 3. The van der Waals surface area contributed by atoms with Crippen molar-refractivity contribution in [2.75, 3.05) is 42.0 Å². The number of nitrogens with zero attached hydrogens (tertiary/aromatic N) is 1. The average Bonchev–Trinajstić information content (AvgIpc) is 3.14. The summed E-state index contributed by atoms with van der Waals surface area (Å²) in [5.41, 5.74) is 0.423. The maximum Gasteiger partial charge on any atom is 0.251 e. The summed E-state index contributed by atoms with van der Waals surface area (Å²) >= 11 is 0. The van der Waals surface area contributed by atoms with E-state index in [0.29, 0.717) is 29.4 Å². The summed E-state index contributed by atoms with van der Waals surface area (Å²) in [7, 11) is 8.40. The Balaban J connectivity index is 2.17. The minimum absolute atomic E-state index is 0.0685. The third kappa shape index (κ3) is 4.24. The lowest BCUT2D eigenvalue weighted by Gasteiger charge is -2.22. The molecule has 1 aromatic carbocycles. The molecule has 136 valence electrons. The van der Waals surface area contributed by atoms with E-state index in [1.54, 1.807) is 18.4 Å². The van der Waals surface area contributed by atoms with Crippen LogP contribution in [0.15, 0.2) is 34.9 Å². The van der Waals surface area contributed by atoms with E-state index in [-0.39, 0.29) is 11.9 Å². The van der Waals surface area contributed by atoms with Crippen molar-refractivity contribution in [1.29, 1.82) is 0 Å².